The molecule has 1 amide bonds. The number of ether oxygens (including phenoxy) is 1. The first-order chi connectivity index (χ1) is 13.0. The normalized spacial score (nSPS) is 19.0. The van der Waals surface area contributed by atoms with Crippen LogP contribution in [0.1, 0.15) is 31.0 Å². The number of aliphatic hydroxyl groups excluding tert-OH is 1. The standard InChI is InChI=1S/C22H23NO4/c1-14(2)13-23-19(16-11-7-8-12-17(16)27-3)18(21(25)22(23)26)20(24)15-9-5-4-6-10-15/h4-12,14,19,24H,13H2,1-3H3/t19-/m1/s1. The Bertz CT molecular complexity index is 886. The molecular formula is C22H23NO4. The Balaban J connectivity index is 2.23. The molecule has 0 aliphatic carbocycles. The summed E-state index contributed by atoms with van der Waals surface area (Å²) < 4.78 is 5.46. The maximum atomic E-state index is 12.8. The molecule has 1 saturated heterocycles. The number of Topliss-reactive ketones (excluding diaryl/α,β-unsaturated/α-hetero) is 1. The average Bonchev–Trinajstić information content (AvgIpc) is 2.92. The van der Waals surface area contributed by atoms with Crippen molar-refractivity contribution in [1.82, 2.24) is 4.90 Å². The molecule has 3 rings (SSSR count). The molecule has 27 heavy (non-hydrogen) atoms. The highest BCUT2D eigenvalue weighted by Crippen LogP contribution is 2.42. The van der Waals surface area contributed by atoms with E-state index in [1.807, 2.05) is 38.1 Å². The molecule has 1 atom stereocenters. The third kappa shape index (κ3) is 3.45. The van der Waals surface area contributed by atoms with Crippen molar-refractivity contribution in [3.63, 3.8) is 0 Å². The number of carbonyl (C=O) groups is 2. The van der Waals surface area contributed by atoms with E-state index in [0.717, 1.165) is 0 Å². The van der Waals surface area contributed by atoms with E-state index in [4.69, 9.17) is 4.74 Å². The fourth-order valence-corrected chi connectivity index (χ4v) is 3.43. The summed E-state index contributed by atoms with van der Waals surface area (Å²) in [6, 6.07) is 15.4. The molecule has 1 N–H and O–H groups in total. The number of amides is 1. The molecule has 0 bridgehead atoms. The van der Waals surface area contributed by atoms with Gasteiger partial charge >= 0.3 is 0 Å². The summed E-state index contributed by atoms with van der Waals surface area (Å²) in [7, 11) is 1.55. The summed E-state index contributed by atoms with van der Waals surface area (Å²) in [5, 5.41) is 10.9. The van der Waals surface area contributed by atoms with Gasteiger partial charge in [0.25, 0.3) is 11.7 Å². The van der Waals surface area contributed by atoms with Gasteiger partial charge in [-0.1, -0.05) is 62.4 Å². The van der Waals surface area contributed by atoms with Crippen LogP contribution in [0.5, 0.6) is 5.75 Å². The van der Waals surface area contributed by atoms with Crippen molar-refractivity contribution in [3.05, 3.63) is 71.3 Å². The van der Waals surface area contributed by atoms with E-state index in [1.165, 1.54) is 4.90 Å². The fraction of sp³-hybridized carbons (Fsp3) is 0.273. The highest BCUT2D eigenvalue weighted by Gasteiger charge is 2.47. The SMILES string of the molecule is COc1ccccc1[C@@H]1C(=C(O)c2ccccc2)C(=O)C(=O)N1CC(C)C. The minimum absolute atomic E-state index is 0.0938. The monoisotopic (exact) mass is 365 g/mol. The van der Waals surface area contributed by atoms with Crippen LogP contribution in [0, 0.1) is 5.92 Å². The minimum Gasteiger partial charge on any atom is -0.507 e. The van der Waals surface area contributed by atoms with E-state index < -0.39 is 17.7 Å². The number of carbonyl (C=O) groups excluding carboxylic acids is 2. The third-order valence-electron chi connectivity index (χ3n) is 4.58. The fourth-order valence-electron chi connectivity index (χ4n) is 3.43. The van der Waals surface area contributed by atoms with Crippen molar-refractivity contribution < 1.29 is 19.4 Å². The van der Waals surface area contributed by atoms with Crippen molar-refractivity contribution >= 4 is 17.4 Å². The number of rotatable bonds is 5. The first kappa shape index (κ1) is 18.7. The smallest absolute Gasteiger partial charge is 0.295 e. The molecule has 0 spiro atoms. The highest BCUT2D eigenvalue weighted by atomic mass is 16.5. The van der Waals surface area contributed by atoms with Gasteiger partial charge in [0.05, 0.1) is 18.7 Å². The molecular weight excluding hydrogens is 342 g/mol. The second kappa shape index (κ2) is 7.66. The number of para-hydroxylation sites is 1. The molecule has 1 heterocycles. The summed E-state index contributed by atoms with van der Waals surface area (Å²) in [5.74, 6) is -0.713. The predicted molar refractivity (Wildman–Crippen MR) is 103 cm³/mol. The van der Waals surface area contributed by atoms with Gasteiger partial charge in [-0.15, -0.1) is 0 Å². The van der Waals surface area contributed by atoms with Gasteiger partial charge in [0.1, 0.15) is 11.5 Å². The summed E-state index contributed by atoms with van der Waals surface area (Å²) in [4.78, 5) is 27.1. The number of ketones is 1. The summed E-state index contributed by atoms with van der Waals surface area (Å²) in [6.45, 7) is 4.37. The van der Waals surface area contributed by atoms with Crippen LogP contribution in [0.2, 0.25) is 0 Å². The minimum atomic E-state index is -0.691. The van der Waals surface area contributed by atoms with Gasteiger partial charge in [-0.05, 0) is 12.0 Å². The van der Waals surface area contributed by atoms with Crippen molar-refractivity contribution in [2.75, 3.05) is 13.7 Å². The molecule has 0 aromatic heterocycles. The number of aliphatic hydroxyl groups is 1. The quantitative estimate of drug-likeness (QED) is 0.498. The lowest BCUT2D eigenvalue weighted by molar-refractivity contribution is -0.140. The zero-order valence-electron chi connectivity index (χ0n) is 15.7. The van der Waals surface area contributed by atoms with Crippen LogP contribution in [0.25, 0.3) is 5.76 Å². The lowest BCUT2D eigenvalue weighted by Gasteiger charge is -2.27. The van der Waals surface area contributed by atoms with Gasteiger partial charge in [0.2, 0.25) is 0 Å². The predicted octanol–water partition coefficient (Wildman–Crippen LogP) is 3.77. The van der Waals surface area contributed by atoms with Crippen molar-refractivity contribution in [1.29, 1.82) is 0 Å². The van der Waals surface area contributed by atoms with Gasteiger partial charge < -0.3 is 14.7 Å². The van der Waals surface area contributed by atoms with Gasteiger partial charge in [-0.2, -0.15) is 0 Å². The average molecular weight is 365 g/mol. The first-order valence-corrected chi connectivity index (χ1v) is 8.92. The van der Waals surface area contributed by atoms with Crippen LogP contribution in [0.3, 0.4) is 0 Å². The number of benzene rings is 2. The molecule has 1 aliphatic heterocycles. The van der Waals surface area contributed by atoms with Crippen LogP contribution in [-0.2, 0) is 9.59 Å². The number of nitrogens with zero attached hydrogens (tertiary/aromatic N) is 1. The lowest BCUT2D eigenvalue weighted by Crippen LogP contribution is -2.33. The number of hydrogen-bond acceptors (Lipinski definition) is 4. The summed E-state index contributed by atoms with van der Waals surface area (Å²) in [5.41, 5.74) is 1.27. The maximum absolute atomic E-state index is 12.8. The summed E-state index contributed by atoms with van der Waals surface area (Å²) >= 11 is 0. The van der Waals surface area contributed by atoms with Crippen molar-refractivity contribution in [3.8, 4) is 5.75 Å². The number of hydrogen-bond donors (Lipinski definition) is 1. The van der Waals surface area contributed by atoms with Crippen molar-refractivity contribution in [2.45, 2.75) is 19.9 Å². The molecule has 1 aliphatic rings. The zero-order valence-corrected chi connectivity index (χ0v) is 15.7. The number of methoxy groups -OCH3 is 1. The molecule has 0 radical (unpaired) electrons. The van der Waals surface area contributed by atoms with Gasteiger partial charge in [0.15, 0.2) is 0 Å². The van der Waals surface area contributed by atoms with Crippen LogP contribution in [0.15, 0.2) is 60.2 Å². The Morgan fingerprint density at radius 1 is 1.07 bits per heavy atom. The van der Waals surface area contributed by atoms with Crippen LogP contribution < -0.4 is 4.74 Å². The Labute approximate surface area is 158 Å². The van der Waals surface area contributed by atoms with E-state index in [0.29, 0.717) is 23.4 Å². The largest absolute Gasteiger partial charge is 0.507 e. The van der Waals surface area contributed by atoms with Crippen LogP contribution in [0.4, 0.5) is 0 Å². The molecule has 1 fully saturated rings. The Hall–Kier alpha value is -3.08. The Morgan fingerprint density at radius 3 is 2.33 bits per heavy atom. The van der Waals surface area contributed by atoms with Crippen molar-refractivity contribution in [2.24, 2.45) is 5.92 Å². The molecule has 2 aromatic carbocycles. The molecule has 0 unspecified atom stereocenters. The molecule has 2 aromatic rings. The maximum Gasteiger partial charge on any atom is 0.295 e. The Kier molecular flexibility index (Phi) is 5.31. The topological polar surface area (TPSA) is 66.8 Å². The van der Waals surface area contributed by atoms with Gasteiger partial charge in [-0.3, -0.25) is 9.59 Å². The second-order valence-electron chi connectivity index (χ2n) is 6.95. The molecule has 0 saturated carbocycles. The van der Waals surface area contributed by atoms with E-state index in [2.05, 4.69) is 0 Å². The van der Waals surface area contributed by atoms with E-state index in [-0.39, 0.29) is 17.3 Å². The van der Waals surface area contributed by atoms with E-state index in [9.17, 15) is 14.7 Å². The lowest BCUT2D eigenvalue weighted by atomic mass is 9.94. The van der Waals surface area contributed by atoms with E-state index in [1.54, 1.807) is 37.4 Å². The zero-order chi connectivity index (χ0) is 19.6. The third-order valence-corrected chi connectivity index (χ3v) is 4.58. The van der Waals surface area contributed by atoms with Gasteiger partial charge in [0, 0.05) is 17.7 Å². The highest BCUT2D eigenvalue weighted by molar-refractivity contribution is 6.46. The Morgan fingerprint density at radius 2 is 1.70 bits per heavy atom. The first-order valence-electron chi connectivity index (χ1n) is 8.92. The summed E-state index contributed by atoms with van der Waals surface area (Å²) in [6.07, 6.45) is 0. The van der Waals surface area contributed by atoms with Gasteiger partial charge in [-0.25, -0.2) is 0 Å². The van der Waals surface area contributed by atoms with Crippen LogP contribution >= 0.6 is 0 Å². The molecule has 140 valence electrons. The molecule has 5 nitrogen and oxygen atoms in total. The second-order valence-corrected chi connectivity index (χ2v) is 6.95. The van der Waals surface area contributed by atoms with Crippen LogP contribution in [-0.4, -0.2) is 35.4 Å². The number of likely N-dealkylation sites (tertiary alicyclic amines) is 1. The molecule has 5 heteroatoms. The van der Waals surface area contributed by atoms with E-state index >= 15 is 0 Å².